The van der Waals surface area contributed by atoms with E-state index in [1.165, 1.54) is 0 Å². The van der Waals surface area contributed by atoms with Gasteiger partial charge in [0.2, 0.25) is 0 Å². The van der Waals surface area contributed by atoms with Crippen molar-refractivity contribution in [2.45, 2.75) is 50.8 Å². The number of aliphatic hydroxyl groups is 2. The number of carbonyl (C=O) groups excluding carboxylic acids is 1. The van der Waals surface area contributed by atoms with E-state index in [9.17, 15) is 15.0 Å². The van der Waals surface area contributed by atoms with Crippen LogP contribution in [0, 0.1) is 0 Å². The first-order chi connectivity index (χ1) is 21.6. The zero-order valence-corrected chi connectivity index (χ0v) is 24.7. The van der Waals surface area contributed by atoms with Crippen LogP contribution in [0.1, 0.15) is 22.3 Å². The van der Waals surface area contributed by atoms with E-state index in [-0.39, 0.29) is 39.6 Å². The van der Waals surface area contributed by atoms with Crippen molar-refractivity contribution in [1.29, 1.82) is 0 Å². The highest BCUT2D eigenvalue weighted by molar-refractivity contribution is 5.81. The van der Waals surface area contributed by atoms with E-state index in [0.29, 0.717) is 6.61 Å². The second kappa shape index (κ2) is 18.7. The van der Waals surface area contributed by atoms with Gasteiger partial charge in [-0.2, -0.15) is 0 Å². The number of rotatable bonds is 19. The van der Waals surface area contributed by atoms with E-state index < -0.39 is 30.3 Å². The van der Waals surface area contributed by atoms with Crippen LogP contribution in [-0.4, -0.2) is 60.3 Å². The summed E-state index contributed by atoms with van der Waals surface area (Å²) in [4.78, 5) is 13.6. The van der Waals surface area contributed by atoms with E-state index in [0.717, 1.165) is 22.3 Å². The fourth-order valence-corrected chi connectivity index (χ4v) is 4.64. The Kier molecular flexibility index (Phi) is 14.0. The smallest absolute Gasteiger partial charge is 0.252 e. The predicted octanol–water partition coefficient (Wildman–Crippen LogP) is 4.43. The number of hydrogen-bond acceptors (Lipinski definition) is 7. The molecule has 0 saturated heterocycles. The molecule has 3 N–H and O–H groups in total. The van der Waals surface area contributed by atoms with Gasteiger partial charge in [-0.15, -0.1) is 0 Å². The minimum Gasteiger partial charge on any atom is -0.395 e. The number of carbonyl (C=O) groups is 1. The summed E-state index contributed by atoms with van der Waals surface area (Å²) in [5.74, 6) is -0.487. The van der Waals surface area contributed by atoms with Gasteiger partial charge in [-0.1, -0.05) is 121 Å². The van der Waals surface area contributed by atoms with E-state index in [4.69, 9.17) is 18.9 Å². The summed E-state index contributed by atoms with van der Waals surface area (Å²) in [6.45, 7) is 0.454. The molecule has 232 valence electrons. The van der Waals surface area contributed by atoms with Crippen molar-refractivity contribution in [2.75, 3.05) is 19.8 Å². The summed E-state index contributed by atoms with van der Waals surface area (Å²) in [5.41, 5.74) is 3.60. The lowest BCUT2D eigenvalue weighted by Crippen LogP contribution is -2.55. The lowest BCUT2D eigenvalue weighted by atomic mass is 10.0. The van der Waals surface area contributed by atoms with Crippen molar-refractivity contribution in [3.05, 3.63) is 144 Å². The van der Waals surface area contributed by atoms with Gasteiger partial charge >= 0.3 is 0 Å². The first-order valence-corrected chi connectivity index (χ1v) is 14.8. The van der Waals surface area contributed by atoms with E-state index in [1.54, 1.807) is 0 Å². The third-order valence-electron chi connectivity index (χ3n) is 6.91. The molecule has 0 aliphatic carbocycles. The molecule has 4 aromatic rings. The van der Waals surface area contributed by atoms with Crippen LogP contribution in [0.4, 0.5) is 0 Å². The van der Waals surface area contributed by atoms with E-state index in [2.05, 4.69) is 5.32 Å². The Hall–Kier alpha value is -3.89. The highest BCUT2D eigenvalue weighted by Crippen LogP contribution is 2.22. The van der Waals surface area contributed by atoms with Gasteiger partial charge in [-0.3, -0.25) is 4.79 Å². The molecule has 0 heterocycles. The monoisotopic (exact) mass is 599 g/mol. The van der Waals surface area contributed by atoms with E-state index >= 15 is 0 Å². The molecule has 44 heavy (non-hydrogen) atoms. The number of benzene rings is 4. The third kappa shape index (κ3) is 11.0. The molecule has 0 fully saturated rings. The first kappa shape index (κ1) is 33.0. The Bertz CT molecular complexity index is 1330. The van der Waals surface area contributed by atoms with Crippen molar-refractivity contribution in [3.8, 4) is 0 Å². The molecular formula is C36H41NO7. The van der Waals surface area contributed by atoms with Crippen LogP contribution in [0.2, 0.25) is 0 Å². The van der Waals surface area contributed by atoms with Gasteiger partial charge in [0.1, 0.15) is 18.3 Å². The number of aliphatic hydroxyl groups excluding tert-OH is 2. The van der Waals surface area contributed by atoms with Gasteiger partial charge in [0, 0.05) is 6.54 Å². The fourth-order valence-electron chi connectivity index (χ4n) is 4.64. The maximum atomic E-state index is 13.6. The highest BCUT2D eigenvalue weighted by atomic mass is 16.6. The summed E-state index contributed by atoms with van der Waals surface area (Å²) in [6, 6.07) is 38.3. The first-order valence-electron chi connectivity index (χ1n) is 14.8. The Balaban J connectivity index is 1.62. The second-order valence-electron chi connectivity index (χ2n) is 10.3. The second-order valence-corrected chi connectivity index (χ2v) is 10.3. The van der Waals surface area contributed by atoms with Crippen LogP contribution < -0.4 is 5.32 Å². The zero-order valence-electron chi connectivity index (χ0n) is 24.7. The molecule has 4 rings (SSSR count). The van der Waals surface area contributed by atoms with Crippen LogP contribution >= 0.6 is 0 Å². The molecule has 8 heteroatoms. The molecule has 4 aromatic carbocycles. The lowest BCUT2D eigenvalue weighted by Gasteiger charge is -2.35. The molecule has 0 aliphatic rings. The quantitative estimate of drug-likeness (QED) is 0.146. The van der Waals surface area contributed by atoms with Crippen molar-refractivity contribution >= 4 is 5.91 Å². The minimum atomic E-state index is -1.19. The molecule has 0 aliphatic heterocycles. The number of ether oxygens (including phenoxy) is 4. The van der Waals surface area contributed by atoms with Crippen LogP contribution in [0.3, 0.4) is 0 Å². The van der Waals surface area contributed by atoms with Crippen LogP contribution in [0.15, 0.2) is 121 Å². The van der Waals surface area contributed by atoms with Gasteiger partial charge in [0.05, 0.1) is 39.6 Å². The summed E-state index contributed by atoms with van der Waals surface area (Å²) in [6.07, 6.45) is -4.42. The molecule has 8 nitrogen and oxygen atoms in total. The topological polar surface area (TPSA) is 106 Å². The van der Waals surface area contributed by atoms with Gasteiger partial charge < -0.3 is 34.5 Å². The molecule has 0 radical (unpaired) electrons. The Labute approximate surface area is 259 Å². The van der Waals surface area contributed by atoms with Crippen LogP contribution in [0.5, 0.6) is 0 Å². The van der Waals surface area contributed by atoms with Crippen molar-refractivity contribution < 1.29 is 34.0 Å². The summed E-state index contributed by atoms with van der Waals surface area (Å²) in [7, 11) is 0. The Morgan fingerprint density at radius 1 is 0.591 bits per heavy atom. The van der Waals surface area contributed by atoms with Crippen molar-refractivity contribution in [2.24, 2.45) is 0 Å². The highest BCUT2D eigenvalue weighted by Gasteiger charge is 2.41. The van der Waals surface area contributed by atoms with Gasteiger partial charge in [-0.05, 0) is 22.3 Å². The molecule has 1 amide bonds. The molecule has 0 saturated carbocycles. The zero-order chi connectivity index (χ0) is 30.8. The minimum absolute atomic E-state index is 0.0354. The molecular weight excluding hydrogens is 558 g/mol. The standard InChI is InChI=1S/C36H41NO7/c38-22-21-37-36(40)35(44-26-31-19-11-4-12-20-31)34(43-25-30-17-9-3-10-18-30)33(42-24-29-15-7-2-8-16-29)32(39)27-41-23-28-13-5-1-6-14-28/h1-20,32-35,38-39H,21-27H2,(H,37,40)/t32-,33+,34+,35-/m1/s1. The lowest BCUT2D eigenvalue weighted by molar-refractivity contribution is -0.191. The summed E-state index contributed by atoms with van der Waals surface area (Å²) < 4.78 is 24.9. The summed E-state index contributed by atoms with van der Waals surface area (Å²) in [5, 5.41) is 23.7. The SMILES string of the molecule is O=C(NCCO)[C@H](OCc1ccccc1)[C@@H](OCc1ccccc1)[C@@H](OCc1ccccc1)[C@H](O)COCc1ccccc1. The van der Waals surface area contributed by atoms with Gasteiger partial charge in [-0.25, -0.2) is 0 Å². The maximum absolute atomic E-state index is 13.6. The maximum Gasteiger partial charge on any atom is 0.252 e. The Morgan fingerprint density at radius 3 is 1.45 bits per heavy atom. The molecule has 0 unspecified atom stereocenters. The van der Waals surface area contributed by atoms with Crippen molar-refractivity contribution in [1.82, 2.24) is 5.32 Å². The number of nitrogens with one attached hydrogen (secondary N) is 1. The molecule has 4 atom stereocenters. The molecule has 0 aromatic heterocycles. The van der Waals surface area contributed by atoms with Gasteiger partial charge in [0.15, 0.2) is 6.10 Å². The van der Waals surface area contributed by atoms with Crippen LogP contribution in [0.25, 0.3) is 0 Å². The fraction of sp³-hybridized carbons (Fsp3) is 0.306. The Morgan fingerprint density at radius 2 is 1.00 bits per heavy atom. The van der Waals surface area contributed by atoms with Crippen molar-refractivity contribution in [3.63, 3.8) is 0 Å². The third-order valence-corrected chi connectivity index (χ3v) is 6.91. The average Bonchev–Trinajstić information content (AvgIpc) is 3.07. The normalized spacial score (nSPS) is 14.0. The predicted molar refractivity (Wildman–Crippen MR) is 167 cm³/mol. The largest absolute Gasteiger partial charge is 0.395 e. The number of hydrogen-bond donors (Lipinski definition) is 3. The average molecular weight is 600 g/mol. The summed E-state index contributed by atoms with van der Waals surface area (Å²) >= 11 is 0. The number of amides is 1. The molecule has 0 bridgehead atoms. The molecule has 0 spiro atoms. The van der Waals surface area contributed by atoms with Crippen LogP contribution in [-0.2, 0) is 50.2 Å². The van der Waals surface area contributed by atoms with Gasteiger partial charge in [0.25, 0.3) is 5.91 Å². The van der Waals surface area contributed by atoms with E-state index in [1.807, 2.05) is 121 Å².